The van der Waals surface area contributed by atoms with Gasteiger partial charge in [0.2, 0.25) is 0 Å². The molecule has 2 bridgehead atoms. The molecule has 2 fully saturated rings. The standard InChI is InChI=1S/C10H17IO2/c1-9(2)8-4-3-5-10(6-8,7-11)13-12-9/h8H,3-7H2,1-2H3/t8-,10+/m1/s1. The van der Waals surface area contributed by atoms with Crippen LogP contribution in [0.15, 0.2) is 0 Å². The molecule has 0 spiro atoms. The molecule has 13 heavy (non-hydrogen) atoms. The van der Waals surface area contributed by atoms with Crippen molar-refractivity contribution < 1.29 is 9.78 Å². The summed E-state index contributed by atoms with van der Waals surface area (Å²) in [6.45, 7) is 4.28. The fraction of sp³-hybridized carbons (Fsp3) is 1.00. The molecule has 0 N–H and O–H groups in total. The summed E-state index contributed by atoms with van der Waals surface area (Å²) >= 11 is 2.41. The van der Waals surface area contributed by atoms with Crippen LogP contribution in [0.1, 0.15) is 39.5 Å². The molecule has 0 radical (unpaired) electrons. The first-order valence-corrected chi connectivity index (χ1v) is 6.53. The van der Waals surface area contributed by atoms with Crippen LogP contribution in [0.4, 0.5) is 0 Å². The van der Waals surface area contributed by atoms with Crippen LogP contribution >= 0.6 is 22.6 Å². The summed E-state index contributed by atoms with van der Waals surface area (Å²) in [4.78, 5) is 11.1. The van der Waals surface area contributed by atoms with E-state index in [0.717, 1.165) is 4.43 Å². The first-order chi connectivity index (χ1) is 6.08. The second kappa shape index (κ2) is 3.35. The third kappa shape index (κ3) is 1.75. The van der Waals surface area contributed by atoms with Crippen molar-refractivity contribution in [3.05, 3.63) is 0 Å². The SMILES string of the molecule is CC1(C)OO[C@@]2(CI)CCC[C@@H]1C2. The molecule has 0 aromatic rings. The van der Waals surface area contributed by atoms with E-state index in [4.69, 9.17) is 9.78 Å². The minimum Gasteiger partial charge on any atom is -0.230 e. The van der Waals surface area contributed by atoms with Crippen LogP contribution in [-0.2, 0) is 9.78 Å². The van der Waals surface area contributed by atoms with E-state index < -0.39 is 0 Å². The van der Waals surface area contributed by atoms with Gasteiger partial charge in [0.1, 0.15) is 11.2 Å². The second-order valence-electron chi connectivity index (χ2n) is 4.88. The Morgan fingerprint density at radius 3 is 2.85 bits per heavy atom. The topological polar surface area (TPSA) is 18.5 Å². The monoisotopic (exact) mass is 296 g/mol. The quantitative estimate of drug-likeness (QED) is 0.420. The fourth-order valence-corrected chi connectivity index (χ4v) is 3.22. The highest BCUT2D eigenvalue weighted by atomic mass is 127. The van der Waals surface area contributed by atoms with Gasteiger partial charge >= 0.3 is 0 Å². The Bertz CT molecular complexity index is 205. The molecule has 2 rings (SSSR count). The van der Waals surface area contributed by atoms with E-state index >= 15 is 0 Å². The summed E-state index contributed by atoms with van der Waals surface area (Å²) in [5.74, 6) is 0.685. The first-order valence-electron chi connectivity index (χ1n) is 5.01. The van der Waals surface area contributed by atoms with Gasteiger partial charge in [0.25, 0.3) is 0 Å². The Kier molecular flexibility index (Phi) is 2.62. The van der Waals surface area contributed by atoms with Crippen LogP contribution in [-0.4, -0.2) is 15.6 Å². The second-order valence-corrected chi connectivity index (χ2v) is 5.64. The van der Waals surface area contributed by atoms with E-state index in [9.17, 15) is 0 Å². The average molecular weight is 296 g/mol. The number of alkyl halides is 1. The first kappa shape index (κ1) is 10.2. The lowest BCUT2D eigenvalue weighted by Gasteiger charge is -2.49. The van der Waals surface area contributed by atoms with Crippen molar-refractivity contribution >= 4 is 22.6 Å². The molecule has 2 nitrogen and oxygen atoms in total. The van der Waals surface area contributed by atoms with Crippen LogP contribution in [0.3, 0.4) is 0 Å². The van der Waals surface area contributed by atoms with Gasteiger partial charge in [-0.15, -0.1) is 0 Å². The van der Waals surface area contributed by atoms with Crippen LogP contribution in [0.2, 0.25) is 0 Å². The summed E-state index contributed by atoms with van der Waals surface area (Å²) in [7, 11) is 0. The number of fused-ring (bicyclic) bond motifs is 2. The molecular formula is C10H17IO2. The maximum absolute atomic E-state index is 5.59. The average Bonchev–Trinajstić information content (AvgIpc) is 2.14. The van der Waals surface area contributed by atoms with Crippen LogP contribution in [0.25, 0.3) is 0 Å². The molecule has 76 valence electrons. The smallest absolute Gasteiger partial charge is 0.113 e. The fourth-order valence-electron chi connectivity index (χ4n) is 2.40. The molecule has 0 aromatic carbocycles. The molecule has 1 saturated carbocycles. The maximum atomic E-state index is 5.59. The zero-order chi connectivity index (χ0) is 9.53. The minimum absolute atomic E-state index is 0.0407. The highest BCUT2D eigenvalue weighted by Gasteiger charge is 2.49. The van der Waals surface area contributed by atoms with Crippen molar-refractivity contribution in [1.82, 2.24) is 0 Å². The van der Waals surface area contributed by atoms with E-state index in [-0.39, 0.29) is 11.2 Å². The number of halogens is 1. The Labute approximate surface area is 93.4 Å². The zero-order valence-electron chi connectivity index (χ0n) is 8.31. The number of rotatable bonds is 1. The molecule has 2 aliphatic rings. The summed E-state index contributed by atoms with van der Waals surface area (Å²) in [6.07, 6.45) is 4.95. The highest BCUT2D eigenvalue weighted by molar-refractivity contribution is 14.1. The largest absolute Gasteiger partial charge is 0.230 e. The van der Waals surface area contributed by atoms with Gasteiger partial charge < -0.3 is 0 Å². The van der Waals surface area contributed by atoms with E-state index in [1.54, 1.807) is 0 Å². The van der Waals surface area contributed by atoms with Crippen molar-refractivity contribution in [2.75, 3.05) is 4.43 Å². The zero-order valence-corrected chi connectivity index (χ0v) is 10.5. The van der Waals surface area contributed by atoms with Crippen LogP contribution < -0.4 is 0 Å². The van der Waals surface area contributed by atoms with Gasteiger partial charge in [-0.25, -0.2) is 9.78 Å². The van der Waals surface area contributed by atoms with Crippen molar-refractivity contribution in [3.8, 4) is 0 Å². The normalized spacial score (nSPS) is 43.2. The van der Waals surface area contributed by atoms with Crippen molar-refractivity contribution in [2.45, 2.75) is 50.7 Å². The molecule has 0 unspecified atom stereocenters. The van der Waals surface area contributed by atoms with Gasteiger partial charge in [-0.05, 0) is 39.0 Å². The third-order valence-corrected chi connectivity index (χ3v) is 4.85. The maximum Gasteiger partial charge on any atom is 0.113 e. The van der Waals surface area contributed by atoms with Crippen LogP contribution in [0, 0.1) is 5.92 Å². The van der Waals surface area contributed by atoms with E-state index in [0.29, 0.717) is 5.92 Å². The lowest BCUT2D eigenvalue weighted by Crippen LogP contribution is -2.53. The van der Waals surface area contributed by atoms with Gasteiger partial charge in [0.15, 0.2) is 0 Å². The Morgan fingerprint density at radius 1 is 1.38 bits per heavy atom. The van der Waals surface area contributed by atoms with E-state index in [1.165, 1.54) is 25.7 Å². The van der Waals surface area contributed by atoms with Crippen molar-refractivity contribution in [2.24, 2.45) is 5.92 Å². The lowest BCUT2D eigenvalue weighted by atomic mass is 9.72. The number of hydrogen-bond acceptors (Lipinski definition) is 2. The minimum atomic E-state index is -0.0737. The van der Waals surface area contributed by atoms with E-state index in [1.807, 2.05) is 0 Å². The Morgan fingerprint density at radius 2 is 2.15 bits per heavy atom. The molecule has 1 heterocycles. The molecule has 1 saturated heterocycles. The molecule has 0 amide bonds. The molecule has 1 aliphatic carbocycles. The molecule has 1 aliphatic heterocycles. The highest BCUT2D eigenvalue weighted by Crippen LogP contribution is 2.47. The number of hydrogen-bond donors (Lipinski definition) is 0. The predicted octanol–water partition coefficient (Wildman–Crippen LogP) is 3.09. The molecule has 2 atom stereocenters. The molecule has 0 aromatic heterocycles. The Balaban J connectivity index is 2.15. The van der Waals surface area contributed by atoms with Crippen LogP contribution in [0.5, 0.6) is 0 Å². The van der Waals surface area contributed by atoms with Crippen molar-refractivity contribution in [3.63, 3.8) is 0 Å². The molecule has 3 heteroatoms. The van der Waals surface area contributed by atoms with Gasteiger partial charge in [-0.2, -0.15) is 0 Å². The third-order valence-electron chi connectivity index (χ3n) is 3.46. The van der Waals surface area contributed by atoms with Gasteiger partial charge in [-0.3, -0.25) is 0 Å². The summed E-state index contributed by atoms with van der Waals surface area (Å²) in [6, 6.07) is 0. The van der Waals surface area contributed by atoms with Crippen molar-refractivity contribution in [1.29, 1.82) is 0 Å². The van der Waals surface area contributed by atoms with Gasteiger partial charge in [0, 0.05) is 4.43 Å². The summed E-state index contributed by atoms with van der Waals surface area (Å²) in [5.41, 5.74) is -0.0330. The van der Waals surface area contributed by atoms with Gasteiger partial charge in [-0.1, -0.05) is 29.0 Å². The summed E-state index contributed by atoms with van der Waals surface area (Å²) < 4.78 is 1.05. The Hall–Kier alpha value is 0.650. The lowest BCUT2D eigenvalue weighted by molar-refractivity contribution is -0.449. The van der Waals surface area contributed by atoms with Gasteiger partial charge in [0.05, 0.1) is 0 Å². The van der Waals surface area contributed by atoms with E-state index in [2.05, 4.69) is 36.4 Å². The predicted molar refractivity (Wildman–Crippen MR) is 59.8 cm³/mol. The summed E-state index contributed by atoms with van der Waals surface area (Å²) in [5, 5.41) is 0. The molecular weight excluding hydrogens is 279 g/mol.